The van der Waals surface area contributed by atoms with Crippen molar-refractivity contribution in [3.8, 4) is 23.1 Å². The van der Waals surface area contributed by atoms with Crippen molar-refractivity contribution in [2.24, 2.45) is 5.41 Å². The lowest BCUT2D eigenvalue weighted by Crippen LogP contribution is -2.31. The number of carbonyl (C=O) groups excluding carboxylic acids is 1. The van der Waals surface area contributed by atoms with Gasteiger partial charge in [-0.05, 0) is 51.1 Å². The number of benzene rings is 2. The molecule has 42 heavy (non-hydrogen) atoms. The number of carboxylic acid groups (broad SMARTS) is 1. The average molecular weight is 600 g/mol. The minimum absolute atomic E-state index is 0.0335. The molecule has 0 aliphatic rings. The van der Waals surface area contributed by atoms with E-state index in [9.17, 15) is 41.2 Å². The molecule has 16 heteroatoms. The minimum atomic E-state index is -4.93. The molecule has 0 bridgehead atoms. The van der Waals surface area contributed by atoms with Gasteiger partial charge < -0.3 is 19.3 Å². The number of aliphatic carboxylic acids is 1. The van der Waals surface area contributed by atoms with Crippen molar-refractivity contribution >= 4 is 12.1 Å². The van der Waals surface area contributed by atoms with Crippen LogP contribution in [0, 0.1) is 16.7 Å². The maximum Gasteiger partial charge on any atom is 0.510 e. The highest BCUT2D eigenvalue weighted by Crippen LogP contribution is 2.37. The number of aromatic nitrogens is 3. The summed E-state index contributed by atoms with van der Waals surface area (Å²) < 4.78 is 94.7. The Bertz CT molecular complexity index is 1510. The molecule has 1 atom stereocenters. The van der Waals surface area contributed by atoms with Crippen LogP contribution in [0.3, 0.4) is 0 Å². The Labute approximate surface area is 234 Å². The van der Waals surface area contributed by atoms with Gasteiger partial charge in [-0.2, -0.15) is 31.6 Å². The highest BCUT2D eigenvalue weighted by atomic mass is 19.4. The van der Waals surface area contributed by atoms with Gasteiger partial charge in [-0.25, -0.2) is 4.79 Å². The lowest BCUT2D eigenvalue weighted by molar-refractivity contribution is -0.149. The van der Waals surface area contributed by atoms with Gasteiger partial charge in [0, 0.05) is 11.1 Å². The molecule has 0 spiro atoms. The molecule has 1 heterocycles. The van der Waals surface area contributed by atoms with E-state index in [0.29, 0.717) is 18.2 Å². The van der Waals surface area contributed by atoms with Crippen LogP contribution in [-0.2, 0) is 33.2 Å². The Morgan fingerprint density at radius 3 is 2.33 bits per heavy atom. The molecule has 1 aromatic heterocycles. The molecule has 224 valence electrons. The zero-order valence-corrected chi connectivity index (χ0v) is 22.1. The van der Waals surface area contributed by atoms with Gasteiger partial charge in [0.25, 0.3) is 0 Å². The van der Waals surface area contributed by atoms with Gasteiger partial charge in [0.05, 0.1) is 16.5 Å². The molecule has 0 radical (unpaired) electrons. The first kappa shape index (κ1) is 31.7. The van der Waals surface area contributed by atoms with Crippen LogP contribution in [0.1, 0.15) is 49.4 Å². The molecule has 3 aromatic rings. The van der Waals surface area contributed by atoms with Crippen LogP contribution in [0.4, 0.5) is 31.1 Å². The van der Waals surface area contributed by atoms with E-state index in [2.05, 4.69) is 10.2 Å². The third-order valence-corrected chi connectivity index (χ3v) is 5.70. The molecule has 0 aliphatic carbocycles. The quantitative estimate of drug-likeness (QED) is 0.224. The van der Waals surface area contributed by atoms with Crippen LogP contribution in [0.2, 0.25) is 0 Å². The SMILES string of the molecule is CC(OC(=O)OCC(C)(C)C(=O)O)n1nc(C#N)c(-c2cccc(OCc3cc(C(F)(F)F)ccc3C(F)(F)F)c2)n1. The maximum atomic E-state index is 13.4. The third-order valence-electron chi connectivity index (χ3n) is 5.70. The summed E-state index contributed by atoms with van der Waals surface area (Å²) in [4.78, 5) is 24.0. The number of nitriles is 1. The van der Waals surface area contributed by atoms with Crippen molar-refractivity contribution in [1.29, 1.82) is 5.26 Å². The van der Waals surface area contributed by atoms with Crippen molar-refractivity contribution in [1.82, 2.24) is 15.0 Å². The Kier molecular flexibility index (Phi) is 9.04. The highest BCUT2D eigenvalue weighted by molar-refractivity contribution is 5.74. The lowest BCUT2D eigenvalue weighted by atomic mass is 9.95. The van der Waals surface area contributed by atoms with Crippen LogP contribution in [0.5, 0.6) is 5.75 Å². The van der Waals surface area contributed by atoms with Crippen molar-refractivity contribution < 1.29 is 55.2 Å². The molecule has 1 N–H and O–H groups in total. The second-order valence-corrected chi connectivity index (χ2v) is 9.46. The minimum Gasteiger partial charge on any atom is -0.489 e. The van der Waals surface area contributed by atoms with E-state index in [-0.39, 0.29) is 22.7 Å². The summed E-state index contributed by atoms with van der Waals surface area (Å²) in [5.41, 5.74) is -4.75. The number of hydrogen-bond acceptors (Lipinski definition) is 8. The molecule has 0 fully saturated rings. The van der Waals surface area contributed by atoms with E-state index in [0.717, 1.165) is 4.80 Å². The van der Waals surface area contributed by atoms with Gasteiger partial charge in [-0.15, -0.1) is 15.0 Å². The fourth-order valence-corrected chi connectivity index (χ4v) is 3.34. The molecule has 0 amide bonds. The molecule has 2 aromatic carbocycles. The lowest BCUT2D eigenvalue weighted by Gasteiger charge is -2.19. The van der Waals surface area contributed by atoms with E-state index < -0.39 is 66.0 Å². The van der Waals surface area contributed by atoms with Crippen LogP contribution in [0.25, 0.3) is 11.3 Å². The van der Waals surface area contributed by atoms with E-state index in [1.807, 2.05) is 0 Å². The summed E-state index contributed by atoms with van der Waals surface area (Å²) in [6.45, 7) is 2.65. The zero-order valence-electron chi connectivity index (χ0n) is 22.1. The van der Waals surface area contributed by atoms with E-state index in [1.165, 1.54) is 45.0 Å². The van der Waals surface area contributed by atoms with Crippen LogP contribution >= 0.6 is 0 Å². The monoisotopic (exact) mass is 600 g/mol. The van der Waals surface area contributed by atoms with Crippen molar-refractivity contribution in [3.05, 3.63) is 64.8 Å². The van der Waals surface area contributed by atoms with E-state index in [1.54, 1.807) is 6.07 Å². The Hall–Kier alpha value is -4.81. The average Bonchev–Trinajstić information content (AvgIpc) is 3.34. The van der Waals surface area contributed by atoms with Gasteiger partial charge in [-0.1, -0.05) is 12.1 Å². The smallest absolute Gasteiger partial charge is 0.489 e. The first-order chi connectivity index (χ1) is 19.4. The number of alkyl halides is 6. The van der Waals surface area contributed by atoms with Crippen LogP contribution in [-0.4, -0.2) is 38.8 Å². The van der Waals surface area contributed by atoms with Gasteiger partial charge >= 0.3 is 24.5 Å². The largest absolute Gasteiger partial charge is 0.510 e. The van der Waals surface area contributed by atoms with E-state index in [4.69, 9.17) is 19.3 Å². The number of ether oxygens (including phenoxy) is 3. The number of nitrogens with zero attached hydrogens (tertiary/aromatic N) is 4. The standard InChI is InChI=1S/C26H22F6N4O6/c1-14(42-23(39)41-13-24(2,3)22(37)38)36-34-20(11-33)21(35-36)15-5-4-6-18(10-15)40-12-16-9-17(25(27,28)29)7-8-19(16)26(30,31)32/h4-10,14H,12-13H2,1-3H3,(H,37,38). The maximum absolute atomic E-state index is 13.4. The van der Waals surface area contributed by atoms with E-state index >= 15 is 0 Å². The predicted molar refractivity (Wildman–Crippen MR) is 130 cm³/mol. The molecule has 0 aliphatic heterocycles. The second-order valence-electron chi connectivity index (χ2n) is 9.46. The van der Waals surface area contributed by atoms with Gasteiger partial charge in [0.2, 0.25) is 6.23 Å². The first-order valence-corrected chi connectivity index (χ1v) is 11.9. The number of rotatable bonds is 9. The molecular weight excluding hydrogens is 578 g/mol. The number of hydrogen-bond donors (Lipinski definition) is 1. The fourth-order valence-electron chi connectivity index (χ4n) is 3.34. The summed E-state index contributed by atoms with van der Waals surface area (Å²) in [5, 5.41) is 26.7. The van der Waals surface area contributed by atoms with Crippen LogP contribution in [0.15, 0.2) is 42.5 Å². The first-order valence-electron chi connectivity index (χ1n) is 11.9. The molecule has 0 saturated heterocycles. The fraction of sp³-hybridized carbons (Fsp3) is 0.346. The topological polar surface area (TPSA) is 137 Å². The normalized spacial score (nSPS) is 12.8. The molecule has 3 rings (SSSR count). The summed E-state index contributed by atoms with van der Waals surface area (Å²) in [5.74, 6) is -1.26. The summed E-state index contributed by atoms with van der Waals surface area (Å²) in [6.07, 6.45) is -12.2. The highest BCUT2D eigenvalue weighted by Gasteiger charge is 2.37. The summed E-state index contributed by atoms with van der Waals surface area (Å²) >= 11 is 0. The van der Waals surface area contributed by atoms with Gasteiger partial charge in [0.1, 0.15) is 30.7 Å². The summed E-state index contributed by atoms with van der Waals surface area (Å²) in [6, 6.07) is 8.31. The zero-order chi connectivity index (χ0) is 31.5. The third kappa shape index (κ3) is 7.68. The predicted octanol–water partition coefficient (Wildman–Crippen LogP) is 6.22. The molecule has 10 nitrogen and oxygen atoms in total. The van der Waals surface area contributed by atoms with Gasteiger partial charge in [-0.3, -0.25) is 4.79 Å². The molecule has 1 unspecified atom stereocenters. The second kappa shape index (κ2) is 12.0. The summed E-state index contributed by atoms with van der Waals surface area (Å²) in [7, 11) is 0. The number of carboxylic acids is 1. The van der Waals surface area contributed by atoms with Gasteiger partial charge in [0.15, 0.2) is 5.69 Å². The number of carbonyl (C=O) groups is 2. The Morgan fingerprint density at radius 2 is 1.74 bits per heavy atom. The Balaban J connectivity index is 1.80. The van der Waals surface area contributed by atoms with Crippen molar-refractivity contribution in [2.75, 3.05) is 6.61 Å². The van der Waals surface area contributed by atoms with Crippen molar-refractivity contribution in [2.45, 2.75) is 46.0 Å². The number of halogens is 6. The Morgan fingerprint density at radius 1 is 1.05 bits per heavy atom. The van der Waals surface area contributed by atoms with Crippen molar-refractivity contribution in [3.63, 3.8) is 0 Å². The molecular formula is C26H22F6N4O6. The molecule has 0 saturated carbocycles. The van der Waals surface area contributed by atoms with Crippen LogP contribution < -0.4 is 4.74 Å².